The Balaban J connectivity index is 1.31. The molecule has 2 aliphatic heterocycles. The number of anilines is 3. The monoisotopic (exact) mass is 644 g/mol. The highest BCUT2D eigenvalue weighted by molar-refractivity contribution is 7.98. The molecule has 2 fully saturated rings. The summed E-state index contributed by atoms with van der Waals surface area (Å²) in [6.45, 7) is 5.08. The molecule has 45 heavy (non-hydrogen) atoms. The van der Waals surface area contributed by atoms with Crippen molar-refractivity contribution in [3.05, 3.63) is 65.6 Å². The number of piperazine rings is 1. The number of carboxylic acids is 1. The van der Waals surface area contributed by atoms with E-state index >= 15 is 0 Å². The molecule has 1 atom stereocenters. The number of alkyl halides is 3. The molecular weight excluding hydrogens is 609 g/mol. The number of aliphatic carboxylic acids is 1. The van der Waals surface area contributed by atoms with E-state index in [9.17, 15) is 27.9 Å². The van der Waals surface area contributed by atoms with Crippen LogP contribution in [0.4, 0.5) is 30.9 Å². The normalized spacial score (nSPS) is 16.8. The van der Waals surface area contributed by atoms with Crippen LogP contribution in [0.15, 0.2) is 48.7 Å². The summed E-state index contributed by atoms with van der Waals surface area (Å²) in [6, 6.07) is 10.9. The number of benzene rings is 1. The molecule has 0 radical (unpaired) electrons. The molecule has 1 unspecified atom stereocenters. The lowest BCUT2D eigenvalue weighted by atomic mass is 10.00. The number of piperidine rings is 1. The maximum atomic E-state index is 13.4. The summed E-state index contributed by atoms with van der Waals surface area (Å²) in [4.78, 5) is 48.2. The molecule has 1 aromatic carbocycles. The van der Waals surface area contributed by atoms with Gasteiger partial charge in [0.1, 0.15) is 23.2 Å². The number of thioether (sulfide) groups is 1. The van der Waals surface area contributed by atoms with E-state index in [4.69, 9.17) is 4.98 Å². The van der Waals surface area contributed by atoms with Crippen molar-refractivity contribution in [1.82, 2.24) is 25.3 Å². The minimum atomic E-state index is -4.57. The van der Waals surface area contributed by atoms with Gasteiger partial charge in [-0.25, -0.2) is 19.7 Å². The average Bonchev–Trinajstić information content (AvgIpc) is 3.04. The van der Waals surface area contributed by atoms with Crippen molar-refractivity contribution < 1.29 is 27.9 Å². The zero-order valence-electron chi connectivity index (χ0n) is 24.8. The van der Waals surface area contributed by atoms with Crippen LogP contribution in [0.5, 0.6) is 0 Å². The first-order valence-electron chi connectivity index (χ1n) is 14.8. The van der Waals surface area contributed by atoms with Gasteiger partial charge in [0.15, 0.2) is 0 Å². The van der Waals surface area contributed by atoms with Gasteiger partial charge >= 0.3 is 12.1 Å². The smallest absolute Gasteiger partial charge is 0.433 e. The van der Waals surface area contributed by atoms with E-state index in [2.05, 4.69) is 27.2 Å². The average molecular weight is 645 g/mol. The molecule has 1 amide bonds. The van der Waals surface area contributed by atoms with Gasteiger partial charge in [0.2, 0.25) is 11.9 Å². The highest BCUT2D eigenvalue weighted by atomic mass is 32.2. The molecule has 0 spiro atoms. The van der Waals surface area contributed by atoms with Crippen molar-refractivity contribution in [3.63, 3.8) is 0 Å². The molecule has 0 bridgehead atoms. The van der Waals surface area contributed by atoms with Crippen molar-refractivity contribution in [2.75, 3.05) is 59.7 Å². The summed E-state index contributed by atoms with van der Waals surface area (Å²) in [5.41, 5.74) is 0.107. The Morgan fingerprint density at radius 3 is 2.29 bits per heavy atom. The first-order chi connectivity index (χ1) is 21.6. The summed E-state index contributed by atoms with van der Waals surface area (Å²) in [6.07, 6.45) is -1.57. The number of hydrogen-bond acceptors (Lipinski definition) is 10. The summed E-state index contributed by atoms with van der Waals surface area (Å²) in [5, 5.41) is 12.5. The molecule has 4 heterocycles. The summed E-state index contributed by atoms with van der Waals surface area (Å²) >= 11 is 1.41. The fourth-order valence-corrected chi connectivity index (χ4v) is 6.13. The molecule has 240 valence electrons. The van der Waals surface area contributed by atoms with Crippen molar-refractivity contribution >= 4 is 41.4 Å². The quantitative estimate of drug-likeness (QED) is 0.333. The number of aromatic nitrogens is 4. The molecule has 2 aliphatic rings. The number of nitrogens with one attached hydrogen (secondary N) is 1. The van der Waals surface area contributed by atoms with Gasteiger partial charge in [0.25, 0.3) is 5.91 Å². The lowest BCUT2D eigenvalue weighted by Gasteiger charge is -2.36. The Morgan fingerprint density at radius 2 is 1.62 bits per heavy atom. The number of hydrogen-bond donors (Lipinski definition) is 2. The first kappa shape index (κ1) is 32.3. The molecular formula is C30H35F3N8O3S. The molecule has 2 aromatic heterocycles. The van der Waals surface area contributed by atoms with E-state index in [-0.39, 0.29) is 17.4 Å². The van der Waals surface area contributed by atoms with Crippen LogP contribution in [-0.4, -0.2) is 88.0 Å². The lowest BCUT2D eigenvalue weighted by molar-refractivity contribution is -0.141. The second-order valence-corrected chi connectivity index (χ2v) is 12.2. The fourth-order valence-electron chi connectivity index (χ4n) is 5.12. The Morgan fingerprint density at radius 1 is 0.956 bits per heavy atom. The summed E-state index contributed by atoms with van der Waals surface area (Å²) < 4.78 is 39.6. The van der Waals surface area contributed by atoms with Crippen LogP contribution in [0, 0.1) is 5.92 Å². The van der Waals surface area contributed by atoms with E-state index in [1.165, 1.54) is 17.8 Å². The molecule has 11 nitrogen and oxygen atoms in total. The van der Waals surface area contributed by atoms with Crippen LogP contribution in [-0.2, 0) is 16.7 Å². The van der Waals surface area contributed by atoms with Crippen LogP contribution in [0.2, 0.25) is 0 Å². The van der Waals surface area contributed by atoms with Gasteiger partial charge in [0, 0.05) is 63.0 Å². The number of rotatable bonds is 10. The van der Waals surface area contributed by atoms with Crippen LogP contribution < -0.4 is 20.0 Å². The van der Waals surface area contributed by atoms with Crippen molar-refractivity contribution in [2.45, 2.75) is 37.7 Å². The Labute approximate surface area is 263 Å². The Hall–Kier alpha value is -4.14. The van der Waals surface area contributed by atoms with Gasteiger partial charge < -0.3 is 25.1 Å². The molecule has 0 saturated carbocycles. The number of carbonyl (C=O) groups is 2. The van der Waals surface area contributed by atoms with E-state index in [1.54, 1.807) is 4.90 Å². The van der Waals surface area contributed by atoms with Gasteiger partial charge in [-0.15, -0.1) is 0 Å². The van der Waals surface area contributed by atoms with E-state index in [0.717, 1.165) is 43.8 Å². The summed E-state index contributed by atoms with van der Waals surface area (Å²) in [7, 11) is 0. The minimum absolute atomic E-state index is 0.000187. The number of carbonyl (C=O) groups excluding carboxylic acids is 1. The van der Waals surface area contributed by atoms with Crippen LogP contribution in [0.1, 0.15) is 41.5 Å². The largest absolute Gasteiger partial charge is 0.480 e. The van der Waals surface area contributed by atoms with Gasteiger partial charge in [-0.3, -0.25) is 4.79 Å². The van der Waals surface area contributed by atoms with Gasteiger partial charge in [-0.05, 0) is 30.4 Å². The van der Waals surface area contributed by atoms with Crippen LogP contribution in [0.3, 0.4) is 0 Å². The third-order valence-electron chi connectivity index (χ3n) is 7.82. The van der Waals surface area contributed by atoms with Gasteiger partial charge in [0.05, 0.1) is 0 Å². The zero-order valence-corrected chi connectivity index (χ0v) is 25.6. The molecule has 5 rings (SSSR count). The van der Waals surface area contributed by atoms with E-state index in [0.29, 0.717) is 49.6 Å². The molecule has 3 aromatic rings. The van der Waals surface area contributed by atoms with Gasteiger partial charge in [-0.1, -0.05) is 37.3 Å². The van der Waals surface area contributed by atoms with E-state index < -0.39 is 29.8 Å². The predicted octanol–water partition coefficient (Wildman–Crippen LogP) is 3.96. The minimum Gasteiger partial charge on any atom is -0.480 e. The zero-order chi connectivity index (χ0) is 32.0. The second kappa shape index (κ2) is 14.3. The topological polar surface area (TPSA) is 128 Å². The highest BCUT2D eigenvalue weighted by Crippen LogP contribution is 2.29. The third-order valence-corrected chi connectivity index (χ3v) is 8.93. The standard InChI is InChI=1S/C30H35F3N8O3S/c1-20-8-11-40(12-9-20)29-36-22(26(42)35-23(27(43)44)19-45-18-21-5-3-2-4-6-21)17-25(38-29)39-13-15-41(16-14-39)28-34-10-7-24(37-28)30(31,32)33/h2-7,10,17,20,23H,8-9,11-16,18-19H2,1H3,(H,35,42)(H,43,44). The first-order valence-corrected chi connectivity index (χ1v) is 15.9. The number of nitrogens with zero attached hydrogens (tertiary/aromatic N) is 7. The summed E-state index contributed by atoms with van der Waals surface area (Å²) in [5.74, 6) is 0.447. The molecule has 0 aliphatic carbocycles. The molecule has 2 N–H and O–H groups in total. The lowest BCUT2D eigenvalue weighted by Crippen LogP contribution is -2.48. The van der Waals surface area contributed by atoms with Gasteiger partial charge in [-0.2, -0.15) is 29.9 Å². The maximum Gasteiger partial charge on any atom is 0.433 e. The van der Waals surface area contributed by atoms with Crippen molar-refractivity contribution in [1.29, 1.82) is 0 Å². The third kappa shape index (κ3) is 8.53. The van der Waals surface area contributed by atoms with Crippen molar-refractivity contribution in [2.24, 2.45) is 5.92 Å². The number of halogens is 3. The van der Waals surface area contributed by atoms with Crippen LogP contribution >= 0.6 is 11.8 Å². The number of carboxylic acid groups (broad SMARTS) is 1. The highest BCUT2D eigenvalue weighted by Gasteiger charge is 2.34. The molecule has 2 saturated heterocycles. The predicted molar refractivity (Wildman–Crippen MR) is 166 cm³/mol. The van der Waals surface area contributed by atoms with Crippen LogP contribution in [0.25, 0.3) is 0 Å². The Bertz CT molecular complexity index is 1470. The van der Waals surface area contributed by atoms with E-state index in [1.807, 2.05) is 40.1 Å². The Kier molecular flexibility index (Phi) is 10.3. The molecule has 15 heteroatoms. The number of amides is 1. The SMILES string of the molecule is CC1CCN(c2nc(C(=O)NC(CSCc3ccccc3)C(=O)O)cc(N3CCN(c4nccc(C(F)(F)F)n4)CC3)n2)CC1. The van der Waals surface area contributed by atoms with Crippen molar-refractivity contribution in [3.8, 4) is 0 Å². The fraction of sp³-hybridized carbons (Fsp3) is 0.467. The second-order valence-electron chi connectivity index (χ2n) is 11.2. The maximum absolute atomic E-state index is 13.4.